The Kier molecular flexibility index (Phi) is 8.26. The minimum atomic E-state index is -1.26. The molecule has 1 unspecified atom stereocenters. The SMILES string of the molecule is CCOC(=O)C(CCC(=O)O)(CCC(=O)O)CC(C)C=O. The highest BCUT2D eigenvalue weighted by molar-refractivity contribution is 5.79. The summed E-state index contributed by atoms with van der Waals surface area (Å²) in [6.07, 6.45) is 0.0681. The molecule has 0 heterocycles. The molecule has 0 spiro atoms. The summed E-state index contributed by atoms with van der Waals surface area (Å²) in [6.45, 7) is 3.32. The van der Waals surface area contributed by atoms with Gasteiger partial charge in [0.2, 0.25) is 0 Å². The van der Waals surface area contributed by atoms with Crippen LogP contribution >= 0.6 is 0 Å². The van der Waals surface area contributed by atoms with Crippen molar-refractivity contribution in [3.63, 3.8) is 0 Å². The Morgan fingerprint density at radius 2 is 1.62 bits per heavy atom. The summed E-state index contributed by atoms with van der Waals surface area (Å²) in [6, 6.07) is 0. The molecule has 0 aliphatic carbocycles. The number of carbonyl (C=O) groups excluding carboxylic acids is 2. The van der Waals surface area contributed by atoms with Crippen LogP contribution in [0.15, 0.2) is 0 Å². The second kappa shape index (κ2) is 9.10. The van der Waals surface area contributed by atoms with Crippen molar-refractivity contribution in [2.24, 2.45) is 11.3 Å². The smallest absolute Gasteiger partial charge is 0.312 e. The molecule has 0 saturated carbocycles. The highest BCUT2D eigenvalue weighted by atomic mass is 16.5. The average Bonchev–Trinajstić information content (AvgIpc) is 2.41. The van der Waals surface area contributed by atoms with E-state index in [1.54, 1.807) is 13.8 Å². The van der Waals surface area contributed by atoms with Crippen molar-refractivity contribution in [1.29, 1.82) is 0 Å². The number of hydrogen-bond acceptors (Lipinski definition) is 5. The summed E-state index contributed by atoms with van der Waals surface area (Å²) >= 11 is 0. The molecule has 7 nitrogen and oxygen atoms in total. The molecule has 0 saturated heterocycles. The van der Waals surface area contributed by atoms with E-state index in [0.29, 0.717) is 6.29 Å². The van der Waals surface area contributed by atoms with Gasteiger partial charge in [0.1, 0.15) is 6.29 Å². The lowest BCUT2D eigenvalue weighted by Gasteiger charge is -2.32. The number of hydrogen-bond donors (Lipinski definition) is 2. The number of esters is 1. The lowest BCUT2D eigenvalue weighted by molar-refractivity contribution is -0.159. The standard InChI is InChI=1S/C14H22O7/c1-3-21-13(20)14(6-4-11(16)17,7-5-12(18)19)8-10(2)9-15/h9-10H,3-8H2,1-2H3,(H,16,17)(H,18,19). The normalized spacial score (nSPS) is 12.5. The highest BCUT2D eigenvalue weighted by Crippen LogP contribution is 2.38. The molecule has 1 atom stereocenters. The number of aldehydes is 1. The summed E-state index contributed by atoms with van der Waals surface area (Å²) in [5.41, 5.74) is -1.26. The average molecular weight is 302 g/mol. The summed E-state index contributed by atoms with van der Waals surface area (Å²) in [5.74, 6) is -3.30. The van der Waals surface area contributed by atoms with Crippen molar-refractivity contribution in [2.45, 2.75) is 46.0 Å². The molecular weight excluding hydrogens is 280 g/mol. The van der Waals surface area contributed by atoms with E-state index in [2.05, 4.69) is 0 Å². The van der Waals surface area contributed by atoms with Gasteiger partial charge in [-0.3, -0.25) is 14.4 Å². The van der Waals surface area contributed by atoms with Gasteiger partial charge in [-0.05, 0) is 26.2 Å². The van der Waals surface area contributed by atoms with Gasteiger partial charge in [-0.2, -0.15) is 0 Å². The summed E-state index contributed by atoms with van der Waals surface area (Å²) < 4.78 is 4.98. The summed E-state index contributed by atoms with van der Waals surface area (Å²) in [5, 5.41) is 17.6. The van der Waals surface area contributed by atoms with Crippen LogP contribution in [0, 0.1) is 11.3 Å². The Balaban J connectivity index is 5.32. The topological polar surface area (TPSA) is 118 Å². The first-order valence-electron chi connectivity index (χ1n) is 6.83. The van der Waals surface area contributed by atoms with Crippen LogP contribution in [0.3, 0.4) is 0 Å². The van der Waals surface area contributed by atoms with Crippen LogP contribution in [-0.2, 0) is 23.9 Å². The van der Waals surface area contributed by atoms with Gasteiger partial charge >= 0.3 is 17.9 Å². The molecule has 0 aromatic rings. The van der Waals surface area contributed by atoms with Gasteiger partial charge < -0.3 is 19.7 Å². The predicted molar refractivity (Wildman–Crippen MR) is 72.7 cm³/mol. The predicted octanol–water partition coefficient (Wildman–Crippen LogP) is 1.49. The van der Waals surface area contributed by atoms with Crippen LogP contribution in [0.2, 0.25) is 0 Å². The molecule has 7 heteroatoms. The Hall–Kier alpha value is -1.92. The third-order valence-corrected chi connectivity index (χ3v) is 3.29. The molecule has 0 aromatic heterocycles. The lowest BCUT2D eigenvalue weighted by Crippen LogP contribution is -2.36. The largest absolute Gasteiger partial charge is 0.481 e. The van der Waals surface area contributed by atoms with E-state index in [4.69, 9.17) is 14.9 Å². The molecule has 0 aliphatic heterocycles. The molecule has 120 valence electrons. The van der Waals surface area contributed by atoms with E-state index in [9.17, 15) is 19.2 Å². The van der Waals surface area contributed by atoms with Gasteiger partial charge in [-0.1, -0.05) is 6.92 Å². The number of carbonyl (C=O) groups is 4. The van der Waals surface area contributed by atoms with Crippen LogP contribution in [0.1, 0.15) is 46.0 Å². The van der Waals surface area contributed by atoms with Gasteiger partial charge in [0.05, 0.1) is 12.0 Å². The Morgan fingerprint density at radius 3 is 1.95 bits per heavy atom. The fourth-order valence-corrected chi connectivity index (χ4v) is 2.26. The fraction of sp³-hybridized carbons (Fsp3) is 0.714. The third-order valence-electron chi connectivity index (χ3n) is 3.29. The minimum Gasteiger partial charge on any atom is -0.481 e. The second-order valence-electron chi connectivity index (χ2n) is 5.11. The summed E-state index contributed by atoms with van der Waals surface area (Å²) in [4.78, 5) is 44.6. The van der Waals surface area contributed by atoms with E-state index in [1.165, 1.54) is 0 Å². The first kappa shape index (κ1) is 19.1. The molecule has 0 rings (SSSR count). The van der Waals surface area contributed by atoms with Crippen LogP contribution in [0.4, 0.5) is 0 Å². The van der Waals surface area contributed by atoms with E-state index in [0.717, 1.165) is 0 Å². The molecule has 2 N–H and O–H groups in total. The van der Waals surface area contributed by atoms with E-state index >= 15 is 0 Å². The van der Waals surface area contributed by atoms with Gasteiger partial charge in [-0.25, -0.2) is 0 Å². The van der Waals surface area contributed by atoms with Crippen LogP contribution < -0.4 is 0 Å². The number of aliphatic carboxylic acids is 2. The third kappa shape index (κ3) is 6.87. The number of ether oxygens (including phenoxy) is 1. The number of rotatable bonds is 11. The second-order valence-corrected chi connectivity index (χ2v) is 5.11. The number of carboxylic acids is 2. The van der Waals surface area contributed by atoms with Crippen LogP contribution in [-0.4, -0.2) is 41.0 Å². The Morgan fingerprint density at radius 1 is 1.14 bits per heavy atom. The maximum Gasteiger partial charge on any atom is 0.312 e. The van der Waals surface area contributed by atoms with Gasteiger partial charge in [0.25, 0.3) is 0 Å². The van der Waals surface area contributed by atoms with Gasteiger partial charge in [0.15, 0.2) is 0 Å². The van der Waals surface area contributed by atoms with Crippen molar-refractivity contribution in [3.05, 3.63) is 0 Å². The Bertz CT molecular complexity index is 371. The minimum absolute atomic E-state index is 0.0490. The molecule has 21 heavy (non-hydrogen) atoms. The van der Waals surface area contributed by atoms with Crippen molar-refractivity contribution in [1.82, 2.24) is 0 Å². The van der Waals surface area contributed by atoms with Crippen molar-refractivity contribution < 1.29 is 34.1 Å². The van der Waals surface area contributed by atoms with Crippen LogP contribution in [0.25, 0.3) is 0 Å². The van der Waals surface area contributed by atoms with E-state index in [-0.39, 0.29) is 38.7 Å². The maximum atomic E-state index is 12.2. The number of carboxylic acid groups (broad SMARTS) is 2. The first-order chi connectivity index (χ1) is 9.77. The molecule has 0 amide bonds. The quantitative estimate of drug-likeness (QED) is 0.438. The summed E-state index contributed by atoms with van der Waals surface area (Å²) in [7, 11) is 0. The van der Waals surface area contributed by atoms with Crippen molar-refractivity contribution in [2.75, 3.05) is 6.61 Å². The zero-order chi connectivity index (χ0) is 16.5. The molecule has 0 radical (unpaired) electrons. The van der Waals surface area contributed by atoms with Gasteiger partial charge in [0, 0.05) is 18.8 Å². The maximum absolute atomic E-state index is 12.2. The zero-order valence-corrected chi connectivity index (χ0v) is 12.3. The van der Waals surface area contributed by atoms with Crippen LogP contribution in [0.5, 0.6) is 0 Å². The van der Waals surface area contributed by atoms with Crippen molar-refractivity contribution >= 4 is 24.2 Å². The first-order valence-corrected chi connectivity index (χ1v) is 6.83. The molecule has 0 bridgehead atoms. The fourth-order valence-electron chi connectivity index (χ4n) is 2.26. The van der Waals surface area contributed by atoms with Crippen molar-refractivity contribution in [3.8, 4) is 0 Å². The molecule has 0 aliphatic rings. The molecule has 0 fully saturated rings. The molecular formula is C14H22O7. The van der Waals surface area contributed by atoms with Gasteiger partial charge in [-0.15, -0.1) is 0 Å². The molecule has 0 aromatic carbocycles. The Labute approximate surface area is 123 Å². The zero-order valence-electron chi connectivity index (χ0n) is 12.3. The van der Waals surface area contributed by atoms with E-state index < -0.39 is 29.2 Å². The van der Waals surface area contributed by atoms with E-state index in [1.807, 2.05) is 0 Å². The highest BCUT2D eigenvalue weighted by Gasteiger charge is 2.41. The monoisotopic (exact) mass is 302 g/mol. The lowest BCUT2D eigenvalue weighted by atomic mass is 9.73.